The average Bonchev–Trinajstić information content (AvgIpc) is 2.33. The molecule has 0 saturated heterocycles. The van der Waals surface area contributed by atoms with Crippen molar-refractivity contribution in [3.8, 4) is 0 Å². The van der Waals surface area contributed by atoms with E-state index in [0.717, 1.165) is 17.8 Å². The molecule has 0 spiro atoms. The standard InChI is InChI=1S/C14H23N3O/c1-10(2)7-12(8-15)14(18)16-9-13-6-4-5-11(3)17-13/h4-6,10,12H,7-9,15H2,1-3H3,(H,16,18). The largest absolute Gasteiger partial charge is 0.350 e. The van der Waals surface area contributed by atoms with Gasteiger partial charge in [0.1, 0.15) is 0 Å². The number of pyridine rings is 1. The number of carbonyl (C=O) groups is 1. The molecule has 4 heteroatoms. The van der Waals surface area contributed by atoms with Crippen molar-refractivity contribution in [2.75, 3.05) is 6.54 Å². The maximum absolute atomic E-state index is 11.9. The fourth-order valence-corrected chi connectivity index (χ4v) is 1.90. The fourth-order valence-electron chi connectivity index (χ4n) is 1.90. The molecule has 1 aromatic rings. The number of nitrogens with two attached hydrogens (primary N) is 1. The minimum Gasteiger partial charge on any atom is -0.350 e. The van der Waals surface area contributed by atoms with Crippen molar-refractivity contribution < 1.29 is 4.79 Å². The third kappa shape index (κ3) is 4.84. The van der Waals surface area contributed by atoms with E-state index >= 15 is 0 Å². The molecule has 0 bridgehead atoms. The molecule has 0 aliphatic rings. The van der Waals surface area contributed by atoms with E-state index in [2.05, 4.69) is 24.1 Å². The van der Waals surface area contributed by atoms with E-state index in [0.29, 0.717) is 19.0 Å². The van der Waals surface area contributed by atoms with Crippen molar-refractivity contribution >= 4 is 5.91 Å². The molecule has 1 heterocycles. The highest BCUT2D eigenvalue weighted by Crippen LogP contribution is 2.10. The molecular weight excluding hydrogens is 226 g/mol. The lowest BCUT2D eigenvalue weighted by molar-refractivity contribution is -0.125. The van der Waals surface area contributed by atoms with Crippen LogP contribution in [-0.4, -0.2) is 17.4 Å². The number of aromatic nitrogens is 1. The molecule has 0 aromatic carbocycles. The molecule has 1 aromatic heterocycles. The summed E-state index contributed by atoms with van der Waals surface area (Å²) in [7, 11) is 0. The zero-order valence-corrected chi connectivity index (χ0v) is 11.4. The Hall–Kier alpha value is -1.42. The number of rotatable bonds is 6. The minimum absolute atomic E-state index is 0.0227. The quantitative estimate of drug-likeness (QED) is 0.805. The maximum atomic E-state index is 11.9. The Morgan fingerprint density at radius 3 is 2.72 bits per heavy atom. The highest BCUT2D eigenvalue weighted by Gasteiger charge is 2.17. The second kappa shape index (κ2) is 7.11. The van der Waals surface area contributed by atoms with Crippen molar-refractivity contribution in [3.05, 3.63) is 29.6 Å². The number of nitrogens with zero attached hydrogens (tertiary/aromatic N) is 1. The number of carbonyl (C=O) groups excluding carboxylic acids is 1. The van der Waals surface area contributed by atoms with Crippen LogP contribution in [0.5, 0.6) is 0 Å². The number of aryl methyl sites for hydroxylation is 1. The van der Waals surface area contributed by atoms with Crippen LogP contribution in [0.15, 0.2) is 18.2 Å². The molecular formula is C14H23N3O. The maximum Gasteiger partial charge on any atom is 0.224 e. The number of hydrogen-bond acceptors (Lipinski definition) is 3. The van der Waals surface area contributed by atoms with Crippen molar-refractivity contribution in [3.63, 3.8) is 0 Å². The topological polar surface area (TPSA) is 68.0 Å². The molecule has 0 radical (unpaired) electrons. The van der Waals surface area contributed by atoms with Crippen LogP contribution in [0.2, 0.25) is 0 Å². The minimum atomic E-state index is -0.102. The average molecular weight is 249 g/mol. The van der Waals surface area contributed by atoms with E-state index in [-0.39, 0.29) is 11.8 Å². The van der Waals surface area contributed by atoms with Gasteiger partial charge in [-0.15, -0.1) is 0 Å². The molecule has 4 nitrogen and oxygen atoms in total. The summed E-state index contributed by atoms with van der Waals surface area (Å²) in [6, 6.07) is 5.79. The second-order valence-corrected chi connectivity index (χ2v) is 5.05. The first-order valence-electron chi connectivity index (χ1n) is 6.43. The van der Waals surface area contributed by atoms with Crippen LogP contribution >= 0.6 is 0 Å². The zero-order valence-electron chi connectivity index (χ0n) is 11.4. The molecule has 0 fully saturated rings. The van der Waals surface area contributed by atoms with Crippen LogP contribution in [0.3, 0.4) is 0 Å². The molecule has 1 unspecified atom stereocenters. The van der Waals surface area contributed by atoms with Crippen molar-refractivity contribution in [1.82, 2.24) is 10.3 Å². The normalized spacial score (nSPS) is 12.5. The molecule has 0 aliphatic carbocycles. The predicted molar refractivity (Wildman–Crippen MR) is 72.8 cm³/mol. The van der Waals surface area contributed by atoms with Gasteiger partial charge in [-0.1, -0.05) is 19.9 Å². The first kappa shape index (κ1) is 14.6. The summed E-state index contributed by atoms with van der Waals surface area (Å²) in [5.41, 5.74) is 7.47. The van der Waals surface area contributed by atoms with Gasteiger partial charge in [0.2, 0.25) is 5.91 Å². The molecule has 0 saturated carbocycles. The third-order valence-corrected chi connectivity index (χ3v) is 2.80. The Bertz CT molecular complexity index is 390. The lowest BCUT2D eigenvalue weighted by atomic mass is 9.96. The van der Waals surface area contributed by atoms with E-state index in [4.69, 9.17) is 5.73 Å². The fraction of sp³-hybridized carbons (Fsp3) is 0.571. The first-order valence-corrected chi connectivity index (χ1v) is 6.43. The van der Waals surface area contributed by atoms with Gasteiger partial charge in [0, 0.05) is 12.2 Å². The summed E-state index contributed by atoms with van der Waals surface area (Å²) in [5, 5.41) is 2.90. The molecule has 0 aliphatic heterocycles. The highest BCUT2D eigenvalue weighted by atomic mass is 16.1. The van der Waals surface area contributed by atoms with Gasteiger partial charge in [0.05, 0.1) is 18.2 Å². The van der Waals surface area contributed by atoms with Gasteiger partial charge in [-0.25, -0.2) is 0 Å². The molecule has 1 rings (SSSR count). The lowest BCUT2D eigenvalue weighted by Gasteiger charge is -2.16. The van der Waals surface area contributed by atoms with Gasteiger partial charge in [0.25, 0.3) is 0 Å². The Balaban J connectivity index is 2.49. The smallest absolute Gasteiger partial charge is 0.224 e. The van der Waals surface area contributed by atoms with Crippen molar-refractivity contribution in [2.24, 2.45) is 17.6 Å². The molecule has 3 N–H and O–H groups in total. The SMILES string of the molecule is Cc1cccc(CNC(=O)C(CN)CC(C)C)n1. The second-order valence-electron chi connectivity index (χ2n) is 5.05. The summed E-state index contributed by atoms with van der Waals surface area (Å²) in [5.74, 6) is 0.394. The van der Waals surface area contributed by atoms with E-state index < -0.39 is 0 Å². The Morgan fingerprint density at radius 1 is 1.44 bits per heavy atom. The third-order valence-electron chi connectivity index (χ3n) is 2.80. The van der Waals surface area contributed by atoms with Crippen LogP contribution in [0.4, 0.5) is 0 Å². The van der Waals surface area contributed by atoms with Crippen LogP contribution in [0.25, 0.3) is 0 Å². The van der Waals surface area contributed by atoms with Crippen LogP contribution in [-0.2, 0) is 11.3 Å². The summed E-state index contributed by atoms with van der Waals surface area (Å²) in [6.07, 6.45) is 0.823. The Kier molecular flexibility index (Phi) is 5.78. The lowest BCUT2D eigenvalue weighted by Crippen LogP contribution is -2.35. The Morgan fingerprint density at radius 2 is 2.17 bits per heavy atom. The van der Waals surface area contributed by atoms with E-state index in [1.165, 1.54) is 0 Å². The summed E-state index contributed by atoms with van der Waals surface area (Å²) < 4.78 is 0. The van der Waals surface area contributed by atoms with Crippen LogP contribution < -0.4 is 11.1 Å². The van der Waals surface area contributed by atoms with Crippen molar-refractivity contribution in [1.29, 1.82) is 0 Å². The number of nitrogens with one attached hydrogen (secondary N) is 1. The summed E-state index contributed by atoms with van der Waals surface area (Å²) >= 11 is 0. The van der Waals surface area contributed by atoms with E-state index in [1.54, 1.807) is 0 Å². The molecule has 1 amide bonds. The van der Waals surface area contributed by atoms with Gasteiger partial charge in [-0.05, 0) is 31.4 Å². The molecule has 1 atom stereocenters. The van der Waals surface area contributed by atoms with E-state index in [1.807, 2.05) is 25.1 Å². The van der Waals surface area contributed by atoms with E-state index in [9.17, 15) is 4.79 Å². The van der Waals surface area contributed by atoms with Gasteiger partial charge in [0.15, 0.2) is 0 Å². The summed E-state index contributed by atoms with van der Waals surface area (Å²) in [4.78, 5) is 16.3. The highest BCUT2D eigenvalue weighted by molar-refractivity contribution is 5.78. The van der Waals surface area contributed by atoms with Gasteiger partial charge in [-0.2, -0.15) is 0 Å². The van der Waals surface area contributed by atoms with Crippen LogP contribution in [0, 0.1) is 18.8 Å². The van der Waals surface area contributed by atoms with Gasteiger partial charge >= 0.3 is 0 Å². The Labute approximate surface area is 109 Å². The monoisotopic (exact) mass is 249 g/mol. The predicted octanol–water partition coefficient (Wildman–Crippen LogP) is 1.63. The summed E-state index contributed by atoms with van der Waals surface area (Å²) in [6.45, 7) is 6.99. The van der Waals surface area contributed by atoms with Crippen LogP contribution in [0.1, 0.15) is 31.7 Å². The first-order chi connectivity index (χ1) is 8.52. The molecule has 18 heavy (non-hydrogen) atoms. The van der Waals surface area contributed by atoms with Gasteiger partial charge in [-0.3, -0.25) is 9.78 Å². The van der Waals surface area contributed by atoms with Crippen molar-refractivity contribution in [2.45, 2.75) is 33.7 Å². The number of amides is 1. The zero-order chi connectivity index (χ0) is 13.5. The number of hydrogen-bond donors (Lipinski definition) is 2. The molecule has 100 valence electrons. The van der Waals surface area contributed by atoms with Gasteiger partial charge < -0.3 is 11.1 Å².